The van der Waals surface area contributed by atoms with Gasteiger partial charge in [-0.05, 0) is 23.6 Å². The number of aromatic amines is 1. The van der Waals surface area contributed by atoms with Crippen LogP contribution in [-0.4, -0.2) is 21.0 Å². The van der Waals surface area contributed by atoms with Crippen LogP contribution in [0.15, 0.2) is 46.6 Å². The van der Waals surface area contributed by atoms with Crippen molar-refractivity contribution in [2.75, 3.05) is 0 Å². The second-order valence-electron chi connectivity index (χ2n) is 4.61. The van der Waals surface area contributed by atoms with E-state index in [0.717, 1.165) is 0 Å². The van der Waals surface area contributed by atoms with Crippen LogP contribution in [0.5, 0.6) is 0 Å². The minimum absolute atomic E-state index is 0.0643. The molecule has 3 aromatic rings. The van der Waals surface area contributed by atoms with Gasteiger partial charge in [0.25, 0.3) is 5.56 Å². The molecule has 23 heavy (non-hydrogen) atoms. The molecule has 2 heterocycles. The lowest BCUT2D eigenvalue weighted by Crippen LogP contribution is -2.14. The Bertz CT molecular complexity index is 985. The van der Waals surface area contributed by atoms with Crippen molar-refractivity contribution < 1.29 is 9.90 Å². The van der Waals surface area contributed by atoms with Crippen LogP contribution in [0.3, 0.4) is 0 Å². The number of aromatic carboxylic acids is 1. The molecule has 0 aliphatic carbocycles. The lowest BCUT2D eigenvalue weighted by molar-refractivity contribution is 0.0697. The molecule has 1 aromatic carbocycles. The topological polar surface area (TPSA) is 107 Å². The molecule has 0 bridgehead atoms. The maximum absolute atomic E-state index is 12.1. The Morgan fingerprint density at radius 3 is 2.78 bits per heavy atom. The number of hydrogen-bond acceptors (Lipinski definition) is 5. The smallest absolute Gasteiger partial charge is 0.335 e. The van der Waals surface area contributed by atoms with Crippen LogP contribution in [0.4, 0.5) is 0 Å². The van der Waals surface area contributed by atoms with E-state index in [1.54, 1.807) is 24.3 Å². The molecule has 112 valence electrons. The number of carboxylic acids is 1. The number of nitrogens with zero attached hydrogens (tertiary/aromatic N) is 2. The molecular formula is C16H9N3O3S. The summed E-state index contributed by atoms with van der Waals surface area (Å²) in [6.07, 6.45) is 0. The molecule has 0 saturated carbocycles. The molecule has 0 amide bonds. The third kappa shape index (κ3) is 2.75. The molecule has 6 nitrogen and oxygen atoms in total. The normalized spacial score (nSPS) is 10.2. The van der Waals surface area contributed by atoms with E-state index >= 15 is 0 Å². The highest BCUT2D eigenvalue weighted by molar-refractivity contribution is 7.13. The van der Waals surface area contributed by atoms with Gasteiger partial charge in [0, 0.05) is 5.56 Å². The first-order valence-electron chi connectivity index (χ1n) is 6.52. The fraction of sp³-hybridized carbons (Fsp3) is 0. The van der Waals surface area contributed by atoms with Crippen molar-refractivity contribution in [2.24, 2.45) is 0 Å². The summed E-state index contributed by atoms with van der Waals surface area (Å²) in [4.78, 5) is 30.8. The van der Waals surface area contributed by atoms with Crippen LogP contribution >= 0.6 is 11.3 Å². The summed E-state index contributed by atoms with van der Waals surface area (Å²) in [7, 11) is 0. The molecule has 0 fully saturated rings. The summed E-state index contributed by atoms with van der Waals surface area (Å²) in [6, 6.07) is 11.5. The molecule has 0 spiro atoms. The molecule has 0 aliphatic rings. The summed E-state index contributed by atoms with van der Waals surface area (Å²) in [5.74, 6) is -0.846. The Morgan fingerprint density at radius 2 is 2.13 bits per heavy atom. The van der Waals surface area contributed by atoms with E-state index in [9.17, 15) is 14.9 Å². The van der Waals surface area contributed by atoms with E-state index in [1.165, 1.54) is 23.5 Å². The molecule has 0 aliphatic heterocycles. The van der Waals surface area contributed by atoms with Crippen molar-refractivity contribution in [1.29, 1.82) is 5.26 Å². The van der Waals surface area contributed by atoms with Gasteiger partial charge in [0.05, 0.1) is 10.4 Å². The number of nitrogens with one attached hydrogen (secondary N) is 1. The van der Waals surface area contributed by atoms with Crippen molar-refractivity contribution in [3.8, 4) is 28.0 Å². The predicted molar refractivity (Wildman–Crippen MR) is 85.3 cm³/mol. The Kier molecular flexibility index (Phi) is 3.75. The molecule has 2 N–H and O–H groups in total. The first-order chi connectivity index (χ1) is 11.1. The fourth-order valence-corrected chi connectivity index (χ4v) is 2.83. The fourth-order valence-electron chi connectivity index (χ4n) is 2.10. The zero-order chi connectivity index (χ0) is 16.4. The monoisotopic (exact) mass is 323 g/mol. The number of hydrogen-bond donors (Lipinski definition) is 2. The first kappa shape index (κ1) is 14.7. The highest BCUT2D eigenvalue weighted by Crippen LogP contribution is 2.26. The van der Waals surface area contributed by atoms with Gasteiger partial charge in [-0.3, -0.25) is 4.79 Å². The third-order valence-corrected chi connectivity index (χ3v) is 4.05. The predicted octanol–water partition coefficient (Wildman–Crippen LogP) is 2.74. The van der Waals surface area contributed by atoms with E-state index in [-0.39, 0.29) is 17.0 Å². The number of rotatable bonds is 3. The maximum Gasteiger partial charge on any atom is 0.335 e. The summed E-state index contributed by atoms with van der Waals surface area (Å²) >= 11 is 1.37. The van der Waals surface area contributed by atoms with Gasteiger partial charge in [-0.2, -0.15) is 5.26 Å². The number of benzene rings is 1. The quantitative estimate of drug-likeness (QED) is 0.770. The Labute approximate surface area is 134 Å². The Morgan fingerprint density at radius 1 is 1.30 bits per heavy atom. The summed E-state index contributed by atoms with van der Waals surface area (Å²) < 4.78 is 0. The van der Waals surface area contributed by atoms with Crippen LogP contribution in [0, 0.1) is 11.3 Å². The highest BCUT2D eigenvalue weighted by atomic mass is 32.1. The molecule has 0 radical (unpaired) electrons. The van der Waals surface area contributed by atoms with E-state index in [2.05, 4.69) is 9.97 Å². The summed E-state index contributed by atoms with van der Waals surface area (Å²) in [5, 5.41) is 20.1. The van der Waals surface area contributed by atoms with Crippen LogP contribution < -0.4 is 5.56 Å². The van der Waals surface area contributed by atoms with Crippen molar-refractivity contribution in [1.82, 2.24) is 9.97 Å². The average molecular weight is 323 g/mol. The van der Waals surface area contributed by atoms with Gasteiger partial charge < -0.3 is 10.1 Å². The van der Waals surface area contributed by atoms with Crippen LogP contribution in [0.25, 0.3) is 22.0 Å². The zero-order valence-corrected chi connectivity index (χ0v) is 12.4. The number of aromatic nitrogens is 2. The van der Waals surface area contributed by atoms with Crippen molar-refractivity contribution >= 4 is 17.3 Å². The third-order valence-electron chi connectivity index (χ3n) is 3.17. The molecule has 7 heteroatoms. The molecule has 0 saturated heterocycles. The Balaban J connectivity index is 2.23. The van der Waals surface area contributed by atoms with Gasteiger partial charge in [-0.1, -0.05) is 18.2 Å². The standard InChI is InChI=1S/C16H9N3O3S/c17-8-11-13(12-5-2-6-23-12)18-14(19-15(11)20)9-3-1-4-10(7-9)16(21)22/h1-7H,(H,21,22)(H,18,19,20). The minimum atomic E-state index is -1.07. The van der Waals surface area contributed by atoms with Gasteiger partial charge in [0.15, 0.2) is 0 Å². The van der Waals surface area contributed by atoms with E-state index in [0.29, 0.717) is 16.1 Å². The van der Waals surface area contributed by atoms with Crippen LogP contribution in [-0.2, 0) is 0 Å². The number of thiophene rings is 1. The van der Waals surface area contributed by atoms with Crippen molar-refractivity contribution in [3.05, 3.63) is 63.3 Å². The van der Waals surface area contributed by atoms with Crippen LogP contribution in [0.2, 0.25) is 0 Å². The van der Waals surface area contributed by atoms with E-state index in [1.807, 2.05) is 11.4 Å². The number of H-pyrrole nitrogens is 1. The molecule has 0 unspecified atom stereocenters. The van der Waals surface area contributed by atoms with Crippen LogP contribution in [0.1, 0.15) is 15.9 Å². The second-order valence-corrected chi connectivity index (χ2v) is 5.56. The van der Waals surface area contributed by atoms with Gasteiger partial charge in [0.2, 0.25) is 0 Å². The van der Waals surface area contributed by atoms with Crippen molar-refractivity contribution in [2.45, 2.75) is 0 Å². The SMILES string of the molecule is N#Cc1c(-c2cccs2)nc(-c2cccc(C(=O)O)c2)[nH]c1=O. The largest absolute Gasteiger partial charge is 0.478 e. The summed E-state index contributed by atoms with van der Waals surface area (Å²) in [6.45, 7) is 0. The van der Waals surface area contributed by atoms with Gasteiger partial charge in [-0.15, -0.1) is 11.3 Å². The number of carboxylic acid groups (broad SMARTS) is 1. The van der Waals surface area contributed by atoms with Crippen molar-refractivity contribution in [3.63, 3.8) is 0 Å². The molecule has 0 atom stereocenters. The number of nitriles is 1. The zero-order valence-electron chi connectivity index (χ0n) is 11.6. The molecular weight excluding hydrogens is 314 g/mol. The lowest BCUT2D eigenvalue weighted by Gasteiger charge is -2.06. The first-order valence-corrected chi connectivity index (χ1v) is 7.40. The van der Waals surface area contributed by atoms with E-state index in [4.69, 9.17) is 5.11 Å². The van der Waals surface area contributed by atoms with Gasteiger partial charge in [-0.25, -0.2) is 9.78 Å². The minimum Gasteiger partial charge on any atom is -0.478 e. The van der Waals surface area contributed by atoms with Gasteiger partial charge >= 0.3 is 5.97 Å². The maximum atomic E-state index is 12.1. The lowest BCUT2D eigenvalue weighted by atomic mass is 10.1. The molecule has 2 aromatic heterocycles. The van der Waals surface area contributed by atoms with E-state index < -0.39 is 11.5 Å². The average Bonchev–Trinajstić information content (AvgIpc) is 3.08. The number of carbonyl (C=O) groups is 1. The summed E-state index contributed by atoms with van der Waals surface area (Å²) in [5.41, 5.74) is 0.227. The molecule has 3 rings (SSSR count). The van der Waals surface area contributed by atoms with Gasteiger partial charge in [0.1, 0.15) is 23.2 Å². The highest BCUT2D eigenvalue weighted by Gasteiger charge is 2.15. The second kappa shape index (κ2) is 5.87. The Hall–Kier alpha value is -3.24.